The maximum atomic E-state index is 5.64. The number of para-hydroxylation sites is 1. The number of ether oxygens (including phenoxy) is 1. The van der Waals surface area contributed by atoms with E-state index in [2.05, 4.69) is 21.7 Å². The molecule has 0 saturated carbocycles. The number of hydrogen-bond acceptors (Lipinski definition) is 4. The molecule has 94 valence electrons. The minimum Gasteiger partial charge on any atom is -0.493 e. The number of hydrogen-bond donors (Lipinski definition) is 1. The van der Waals surface area contributed by atoms with E-state index in [-0.39, 0.29) is 0 Å². The summed E-state index contributed by atoms with van der Waals surface area (Å²) in [5.41, 5.74) is 2.19. The van der Waals surface area contributed by atoms with Crippen molar-refractivity contribution in [2.45, 2.75) is 19.0 Å². The lowest BCUT2D eigenvalue weighted by Gasteiger charge is -2.26. The molecule has 5 nitrogen and oxygen atoms in total. The lowest BCUT2D eigenvalue weighted by atomic mass is 10.0. The van der Waals surface area contributed by atoms with Gasteiger partial charge in [-0.2, -0.15) is 0 Å². The standard InChI is InChI=1S/C13H16N4O/c1-17-9-10(15-16-17)8-14-12-6-7-18-13-5-3-2-4-11(12)13/h2-5,9,12,14H,6-8H2,1H3. The van der Waals surface area contributed by atoms with E-state index in [1.54, 1.807) is 4.68 Å². The van der Waals surface area contributed by atoms with Crippen LogP contribution in [0.3, 0.4) is 0 Å². The van der Waals surface area contributed by atoms with E-state index in [1.807, 2.05) is 31.4 Å². The molecule has 1 aromatic heterocycles. The van der Waals surface area contributed by atoms with Gasteiger partial charge >= 0.3 is 0 Å². The molecule has 5 heteroatoms. The minimum atomic E-state index is 0.331. The third kappa shape index (κ3) is 2.22. The first kappa shape index (κ1) is 11.2. The van der Waals surface area contributed by atoms with Crippen LogP contribution >= 0.6 is 0 Å². The van der Waals surface area contributed by atoms with Crippen LogP contribution in [0.25, 0.3) is 0 Å². The van der Waals surface area contributed by atoms with Crippen LogP contribution in [-0.4, -0.2) is 21.6 Å². The molecule has 0 fully saturated rings. The topological polar surface area (TPSA) is 52.0 Å². The summed E-state index contributed by atoms with van der Waals surface area (Å²) in [5.74, 6) is 0.986. The molecule has 2 aromatic rings. The molecule has 2 heterocycles. The minimum absolute atomic E-state index is 0.331. The quantitative estimate of drug-likeness (QED) is 0.887. The Bertz CT molecular complexity index is 537. The van der Waals surface area contributed by atoms with Gasteiger partial charge in [-0.15, -0.1) is 5.10 Å². The summed E-state index contributed by atoms with van der Waals surface area (Å²) in [6.07, 6.45) is 2.91. The number of aryl methyl sites for hydroxylation is 1. The lowest BCUT2D eigenvalue weighted by Crippen LogP contribution is -2.26. The van der Waals surface area contributed by atoms with Gasteiger partial charge in [0, 0.05) is 37.8 Å². The Morgan fingerprint density at radius 2 is 2.33 bits per heavy atom. The SMILES string of the molecule is Cn1cc(CNC2CCOc3ccccc32)nn1. The Morgan fingerprint density at radius 1 is 1.44 bits per heavy atom. The maximum Gasteiger partial charge on any atom is 0.124 e. The fourth-order valence-corrected chi connectivity index (χ4v) is 2.26. The Kier molecular flexibility index (Phi) is 2.98. The third-order valence-corrected chi connectivity index (χ3v) is 3.14. The Balaban J connectivity index is 1.71. The van der Waals surface area contributed by atoms with Crippen molar-refractivity contribution >= 4 is 0 Å². The highest BCUT2D eigenvalue weighted by atomic mass is 16.5. The van der Waals surface area contributed by atoms with E-state index >= 15 is 0 Å². The van der Waals surface area contributed by atoms with Crippen molar-refractivity contribution in [2.75, 3.05) is 6.61 Å². The van der Waals surface area contributed by atoms with E-state index < -0.39 is 0 Å². The molecule has 0 amide bonds. The van der Waals surface area contributed by atoms with Gasteiger partial charge in [-0.1, -0.05) is 23.4 Å². The van der Waals surface area contributed by atoms with Crippen LogP contribution in [0.1, 0.15) is 23.7 Å². The van der Waals surface area contributed by atoms with E-state index in [0.29, 0.717) is 6.04 Å². The molecule has 0 bridgehead atoms. The summed E-state index contributed by atoms with van der Waals surface area (Å²) < 4.78 is 7.35. The van der Waals surface area contributed by atoms with Crippen LogP contribution in [-0.2, 0) is 13.6 Å². The van der Waals surface area contributed by atoms with Crippen molar-refractivity contribution in [3.63, 3.8) is 0 Å². The Labute approximate surface area is 106 Å². The second-order valence-electron chi connectivity index (χ2n) is 4.49. The Morgan fingerprint density at radius 3 is 3.17 bits per heavy atom. The van der Waals surface area contributed by atoms with Gasteiger partial charge in [0.2, 0.25) is 0 Å². The normalized spacial score (nSPS) is 18.2. The highest BCUT2D eigenvalue weighted by Gasteiger charge is 2.20. The first-order chi connectivity index (χ1) is 8.83. The van der Waals surface area contributed by atoms with Gasteiger partial charge in [-0.25, -0.2) is 0 Å². The zero-order valence-corrected chi connectivity index (χ0v) is 10.3. The molecule has 1 N–H and O–H groups in total. The summed E-state index contributed by atoms with van der Waals surface area (Å²) in [5, 5.41) is 11.5. The second kappa shape index (κ2) is 4.78. The van der Waals surface area contributed by atoms with Crippen molar-refractivity contribution in [2.24, 2.45) is 7.05 Å². The highest BCUT2D eigenvalue weighted by Crippen LogP contribution is 2.31. The second-order valence-corrected chi connectivity index (χ2v) is 4.49. The number of nitrogens with zero attached hydrogens (tertiary/aromatic N) is 3. The molecule has 1 atom stereocenters. The molecule has 0 saturated heterocycles. The number of aromatic nitrogens is 3. The van der Waals surface area contributed by atoms with Crippen molar-refractivity contribution in [3.05, 3.63) is 41.7 Å². The molecule has 3 rings (SSSR count). The number of nitrogens with one attached hydrogen (secondary N) is 1. The van der Waals surface area contributed by atoms with Gasteiger partial charge in [0.15, 0.2) is 0 Å². The highest BCUT2D eigenvalue weighted by molar-refractivity contribution is 5.37. The van der Waals surface area contributed by atoms with Gasteiger partial charge in [0.1, 0.15) is 5.75 Å². The maximum absolute atomic E-state index is 5.64. The van der Waals surface area contributed by atoms with Crippen LogP contribution < -0.4 is 10.1 Å². The summed E-state index contributed by atoms with van der Waals surface area (Å²) in [6, 6.07) is 8.51. The van der Waals surface area contributed by atoms with E-state index in [0.717, 1.165) is 31.0 Å². The smallest absolute Gasteiger partial charge is 0.124 e. The van der Waals surface area contributed by atoms with Crippen LogP contribution in [0, 0.1) is 0 Å². The molecule has 0 aliphatic carbocycles. The summed E-state index contributed by atoms with van der Waals surface area (Å²) in [4.78, 5) is 0. The molecule has 1 aromatic carbocycles. The average Bonchev–Trinajstić information content (AvgIpc) is 2.82. The number of benzene rings is 1. The van der Waals surface area contributed by atoms with Crippen LogP contribution in [0.2, 0.25) is 0 Å². The largest absolute Gasteiger partial charge is 0.493 e. The van der Waals surface area contributed by atoms with Crippen molar-refractivity contribution in [1.29, 1.82) is 0 Å². The van der Waals surface area contributed by atoms with E-state index in [4.69, 9.17) is 4.74 Å². The fraction of sp³-hybridized carbons (Fsp3) is 0.385. The monoisotopic (exact) mass is 244 g/mol. The fourth-order valence-electron chi connectivity index (χ4n) is 2.26. The van der Waals surface area contributed by atoms with Gasteiger partial charge < -0.3 is 10.1 Å². The number of rotatable bonds is 3. The average molecular weight is 244 g/mol. The van der Waals surface area contributed by atoms with Gasteiger partial charge in [-0.05, 0) is 6.07 Å². The lowest BCUT2D eigenvalue weighted by molar-refractivity contribution is 0.252. The zero-order chi connectivity index (χ0) is 12.4. The van der Waals surface area contributed by atoms with Crippen molar-refractivity contribution < 1.29 is 4.74 Å². The van der Waals surface area contributed by atoms with Crippen LogP contribution in [0.15, 0.2) is 30.5 Å². The molecule has 1 aliphatic rings. The molecular weight excluding hydrogens is 228 g/mol. The van der Waals surface area contributed by atoms with Crippen molar-refractivity contribution in [3.8, 4) is 5.75 Å². The molecule has 18 heavy (non-hydrogen) atoms. The predicted octanol–water partition coefficient (Wildman–Crippen LogP) is 1.43. The molecule has 0 spiro atoms. The van der Waals surface area contributed by atoms with Crippen LogP contribution in [0.4, 0.5) is 0 Å². The van der Waals surface area contributed by atoms with Crippen molar-refractivity contribution in [1.82, 2.24) is 20.3 Å². The molecule has 1 unspecified atom stereocenters. The number of fused-ring (bicyclic) bond motifs is 1. The first-order valence-electron chi connectivity index (χ1n) is 6.13. The summed E-state index contributed by atoms with van der Waals surface area (Å²) in [7, 11) is 1.88. The molecule has 0 radical (unpaired) electrons. The summed E-state index contributed by atoms with van der Waals surface area (Å²) in [6.45, 7) is 1.49. The van der Waals surface area contributed by atoms with E-state index in [1.165, 1.54) is 5.56 Å². The zero-order valence-electron chi connectivity index (χ0n) is 10.3. The van der Waals surface area contributed by atoms with E-state index in [9.17, 15) is 0 Å². The molecule has 1 aliphatic heterocycles. The van der Waals surface area contributed by atoms with Gasteiger partial charge in [-0.3, -0.25) is 4.68 Å². The van der Waals surface area contributed by atoms with Crippen LogP contribution in [0.5, 0.6) is 5.75 Å². The molecular formula is C13H16N4O. The van der Waals surface area contributed by atoms with Gasteiger partial charge in [0.05, 0.1) is 12.3 Å². The Hall–Kier alpha value is -1.88. The van der Waals surface area contributed by atoms with Gasteiger partial charge in [0.25, 0.3) is 0 Å². The first-order valence-corrected chi connectivity index (χ1v) is 6.13. The summed E-state index contributed by atoms with van der Waals surface area (Å²) >= 11 is 0. The predicted molar refractivity (Wildman–Crippen MR) is 67.1 cm³/mol. The third-order valence-electron chi connectivity index (χ3n) is 3.14.